The van der Waals surface area contributed by atoms with Crippen LogP contribution >= 0.6 is 0 Å². The molecule has 15 heavy (non-hydrogen) atoms. The second-order valence-electron chi connectivity index (χ2n) is 3.73. The van der Waals surface area contributed by atoms with Crippen molar-refractivity contribution >= 4 is 17.4 Å². The molecular weight excluding hydrogens is 194 g/mol. The smallest absolute Gasteiger partial charge is 0.230 e. The molecule has 0 spiro atoms. The van der Waals surface area contributed by atoms with Crippen LogP contribution in [0.2, 0.25) is 0 Å². The molecule has 2 rings (SSSR count). The Morgan fingerprint density at radius 2 is 2.33 bits per heavy atom. The molecular formula is C10H13N3O2. The molecule has 1 aromatic heterocycles. The molecule has 1 unspecified atom stereocenters. The summed E-state index contributed by atoms with van der Waals surface area (Å²) in [5.74, 6) is 0.323. The molecule has 80 valence electrons. The topological polar surface area (TPSA) is 79.5 Å². The molecule has 0 aromatic carbocycles. The number of hydrogen-bond acceptors (Lipinski definition) is 4. The monoisotopic (exact) mass is 207 g/mol. The van der Waals surface area contributed by atoms with Gasteiger partial charge in [-0.05, 0) is 19.1 Å². The maximum Gasteiger partial charge on any atom is 0.230 e. The average molecular weight is 207 g/mol. The normalized spacial score (nSPS) is 21.1. The van der Waals surface area contributed by atoms with Gasteiger partial charge < -0.3 is 10.8 Å². The Hall–Kier alpha value is -1.62. The van der Waals surface area contributed by atoms with Crippen molar-refractivity contribution in [1.29, 1.82) is 0 Å². The molecule has 0 aliphatic carbocycles. The van der Waals surface area contributed by atoms with Gasteiger partial charge in [-0.2, -0.15) is 0 Å². The van der Waals surface area contributed by atoms with Gasteiger partial charge in [0, 0.05) is 5.69 Å². The number of amides is 1. The number of nitrogens with two attached hydrogens (primary N) is 1. The van der Waals surface area contributed by atoms with Gasteiger partial charge in [0.25, 0.3) is 0 Å². The van der Waals surface area contributed by atoms with E-state index in [9.17, 15) is 9.90 Å². The van der Waals surface area contributed by atoms with E-state index in [0.29, 0.717) is 11.5 Å². The van der Waals surface area contributed by atoms with Crippen molar-refractivity contribution in [1.82, 2.24) is 4.98 Å². The number of aliphatic hydroxyl groups is 1. The summed E-state index contributed by atoms with van der Waals surface area (Å²) in [5, 5.41) is 9.36. The minimum atomic E-state index is -0.612. The lowest BCUT2D eigenvalue weighted by atomic mass is 10.3. The van der Waals surface area contributed by atoms with Crippen LogP contribution in [-0.4, -0.2) is 28.6 Å². The summed E-state index contributed by atoms with van der Waals surface area (Å²) in [5.41, 5.74) is 7.00. The number of aliphatic hydroxyl groups excluding tert-OH is 1. The number of anilines is 2. The number of nitrogen functional groups attached to an aromatic ring is 1. The predicted octanol–water partition coefficient (Wildman–Crippen LogP) is 0.0698. The van der Waals surface area contributed by atoms with E-state index in [1.807, 2.05) is 6.92 Å². The summed E-state index contributed by atoms with van der Waals surface area (Å²) in [6, 6.07) is 3.51. The lowest BCUT2D eigenvalue weighted by Crippen LogP contribution is -2.27. The maximum absolute atomic E-state index is 11.5. The van der Waals surface area contributed by atoms with E-state index in [2.05, 4.69) is 4.98 Å². The highest BCUT2D eigenvalue weighted by Gasteiger charge is 2.30. The number of nitrogens with zero attached hydrogens (tertiary/aromatic N) is 2. The number of rotatable bonds is 1. The summed E-state index contributed by atoms with van der Waals surface area (Å²) in [4.78, 5) is 17.2. The predicted molar refractivity (Wildman–Crippen MR) is 56.4 cm³/mol. The van der Waals surface area contributed by atoms with Crippen molar-refractivity contribution < 1.29 is 9.90 Å². The van der Waals surface area contributed by atoms with E-state index in [-0.39, 0.29) is 18.9 Å². The number of aromatic nitrogens is 1. The molecule has 1 atom stereocenters. The first-order valence-electron chi connectivity index (χ1n) is 4.79. The Labute approximate surface area is 87.5 Å². The zero-order valence-corrected chi connectivity index (χ0v) is 8.47. The number of β-amino-alcohol motifs (C(OH)–C–C–N with tert-alkyl or cyclic N) is 1. The summed E-state index contributed by atoms with van der Waals surface area (Å²) < 4.78 is 0. The van der Waals surface area contributed by atoms with Gasteiger partial charge in [0.05, 0.1) is 24.8 Å². The second kappa shape index (κ2) is 3.51. The van der Waals surface area contributed by atoms with Gasteiger partial charge in [0.1, 0.15) is 0 Å². The van der Waals surface area contributed by atoms with Crippen LogP contribution in [0.3, 0.4) is 0 Å². The summed E-state index contributed by atoms with van der Waals surface area (Å²) in [7, 11) is 0. The standard InChI is InChI=1S/C10H13N3O2/c1-6-2-3-8(11)10(12-6)13-5-7(14)4-9(13)15/h2-3,7,14H,4-5,11H2,1H3. The first-order valence-corrected chi connectivity index (χ1v) is 4.79. The van der Waals surface area contributed by atoms with Crippen molar-refractivity contribution in [3.8, 4) is 0 Å². The second-order valence-corrected chi connectivity index (χ2v) is 3.73. The number of pyridine rings is 1. The molecule has 1 aliphatic rings. The molecule has 1 fully saturated rings. The van der Waals surface area contributed by atoms with Crippen molar-refractivity contribution in [3.05, 3.63) is 17.8 Å². The largest absolute Gasteiger partial charge is 0.396 e. The first kappa shape index (κ1) is 9.92. The maximum atomic E-state index is 11.5. The van der Waals surface area contributed by atoms with E-state index < -0.39 is 6.10 Å². The molecule has 1 aliphatic heterocycles. The fourth-order valence-electron chi connectivity index (χ4n) is 1.66. The lowest BCUT2D eigenvalue weighted by Gasteiger charge is -2.16. The third-order valence-electron chi connectivity index (χ3n) is 2.40. The third-order valence-corrected chi connectivity index (χ3v) is 2.40. The molecule has 0 bridgehead atoms. The Balaban J connectivity index is 2.37. The number of hydrogen-bond donors (Lipinski definition) is 2. The van der Waals surface area contributed by atoms with Gasteiger partial charge in [0.15, 0.2) is 5.82 Å². The van der Waals surface area contributed by atoms with E-state index in [1.165, 1.54) is 4.90 Å². The van der Waals surface area contributed by atoms with E-state index in [4.69, 9.17) is 5.73 Å². The Kier molecular flexibility index (Phi) is 2.32. The Morgan fingerprint density at radius 3 is 2.93 bits per heavy atom. The van der Waals surface area contributed by atoms with E-state index in [0.717, 1.165) is 5.69 Å². The quantitative estimate of drug-likeness (QED) is 0.683. The Bertz CT molecular complexity index is 406. The molecule has 1 saturated heterocycles. The number of aryl methyl sites for hydroxylation is 1. The fourth-order valence-corrected chi connectivity index (χ4v) is 1.66. The van der Waals surface area contributed by atoms with Crippen molar-refractivity contribution in [2.45, 2.75) is 19.4 Å². The zero-order chi connectivity index (χ0) is 11.0. The highest BCUT2D eigenvalue weighted by Crippen LogP contribution is 2.25. The van der Waals surface area contributed by atoms with Crippen LogP contribution in [0.4, 0.5) is 11.5 Å². The van der Waals surface area contributed by atoms with Crippen LogP contribution in [0.1, 0.15) is 12.1 Å². The number of carbonyl (C=O) groups excluding carboxylic acids is 1. The molecule has 3 N–H and O–H groups in total. The molecule has 1 aromatic rings. The zero-order valence-electron chi connectivity index (χ0n) is 8.47. The molecule has 5 nitrogen and oxygen atoms in total. The third kappa shape index (κ3) is 1.78. The fraction of sp³-hybridized carbons (Fsp3) is 0.400. The molecule has 0 radical (unpaired) electrons. The Morgan fingerprint density at radius 1 is 1.60 bits per heavy atom. The van der Waals surface area contributed by atoms with E-state index >= 15 is 0 Å². The van der Waals surface area contributed by atoms with Crippen LogP contribution in [0.25, 0.3) is 0 Å². The van der Waals surface area contributed by atoms with Gasteiger partial charge in [-0.15, -0.1) is 0 Å². The van der Waals surface area contributed by atoms with Gasteiger partial charge in [-0.3, -0.25) is 9.69 Å². The van der Waals surface area contributed by atoms with Gasteiger partial charge in [-0.1, -0.05) is 0 Å². The molecule has 5 heteroatoms. The van der Waals surface area contributed by atoms with Gasteiger partial charge in [-0.25, -0.2) is 4.98 Å². The van der Waals surface area contributed by atoms with Crippen LogP contribution in [-0.2, 0) is 4.79 Å². The van der Waals surface area contributed by atoms with Crippen LogP contribution in [0.15, 0.2) is 12.1 Å². The summed E-state index contributed by atoms with van der Waals surface area (Å²) in [6.07, 6.45) is -0.464. The SMILES string of the molecule is Cc1ccc(N)c(N2CC(O)CC2=O)n1. The van der Waals surface area contributed by atoms with Crippen molar-refractivity contribution in [2.24, 2.45) is 0 Å². The summed E-state index contributed by atoms with van der Waals surface area (Å²) >= 11 is 0. The minimum Gasteiger partial charge on any atom is -0.396 e. The molecule has 1 amide bonds. The first-order chi connectivity index (χ1) is 7.08. The highest BCUT2D eigenvalue weighted by atomic mass is 16.3. The van der Waals surface area contributed by atoms with Crippen molar-refractivity contribution in [2.75, 3.05) is 17.2 Å². The van der Waals surface area contributed by atoms with Gasteiger partial charge in [0.2, 0.25) is 5.91 Å². The average Bonchev–Trinajstić information content (AvgIpc) is 2.50. The molecule has 2 heterocycles. The minimum absolute atomic E-state index is 0.132. The lowest BCUT2D eigenvalue weighted by molar-refractivity contribution is -0.117. The van der Waals surface area contributed by atoms with Gasteiger partial charge >= 0.3 is 0 Å². The highest BCUT2D eigenvalue weighted by molar-refractivity contribution is 5.97. The van der Waals surface area contributed by atoms with Crippen LogP contribution < -0.4 is 10.6 Å². The van der Waals surface area contributed by atoms with Crippen molar-refractivity contribution in [3.63, 3.8) is 0 Å². The molecule has 0 saturated carbocycles. The summed E-state index contributed by atoms with van der Waals surface area (Å²) in [6.45, 7) is 2.11. The van der Waals surface area contributed by atoms with Crippen LogP contribution in [0.5, 0.6) is 0 Å². The van der Waals surface area contributed by atoms with E-state index in [1.54, 1.807) is 12.1 Å². The van der Waals surface area contributed by atoms with Crippen LogP contribution in [0, 0.1) is 6.92 Å². The number of carbonyl (C=O) groups is 1.